The summed E-state index contributed by atoms with van der Waals surface area (Å²) in [6.45, 7) is 1.61. The van der Waals surface area contributed by atoms with Crippen molar-refractivity contribution in [2.75, 3.05) is 25.6 Å². The maximum absolute atomic E-state index is 12.1. The minimum Gasteiger partial charge on any atom is -0.477 e. The Morgan fingerprint density at radius 1 is 1.12 bits per heavy atom. The number of pyridine rings is 1. The van der Waals surface area contributed by atoms with Gasteiger partial charge in [0.05, 0.1) is 19.3 Å². The summed E-state index contributed by atoms with van der Waals surface area (Å²) in [5, 5.41) is 2.54. The van der Waals surface area contributed by atoms with Gasteiger partial charge in [-0.25, -0.2) is 14.6 Å². The second-order valence-electron chi connectivity index (χ2n) is 4.99. The molecular weight excluding hydrogens is 340 g/mol. The van der Waals surface area contributed by atoms with E-state index in [1.54, 1.807) is 31.2 Å². The lowest BCUT2D eigenvalue weighted by Crippen LogP contribution is -2.21. The highest BCUT2D eigenvalue weighted by Crippen LogP contribution is 2.16. The Labute approximate surface area is 150 Å². The number of aromatic nitrogens is 1. The number of carbonyl (C=O) groups is 3. The number of carbonyl (C=O) groups excluding carboxylic acids is 3. The van der Waals surface area contributed by atoms with Crippen molar-refractivity contribution in [3.8, 4) is 5.88 Å². The fourth-order valence-corrected chi connectivity index (χ4v) is 2.05. The fourth-order valence-electron chi connectivity index (χ4n) is 2.05. The Bertz CT molecular complexity index is 806. The van der Waals surface area contributed by atoms with Crippen molar-refractivity contribution in [3.05, 3.63) is 53.7 Å². The Morgan fingerprint density at radius 3 is 2.65 bits per heavy atom. The zero-order valence-electron chi connectivity index (χ0n) is 14.4. The van der Waals surface area contributed by atoms with Crippen molar-refractivity contribution < 1.29 is 28.6 Å². The largest absolute Gasteiger partial charge is 0.477 e. The topological polar surface area (TPSA) is 104 Å². The molecule has 8 heteroatoms. The first-order valence-corrected chi connectivity index (χ1v) is 7.78. The van der Waals surface area contributed by atoms with Crippen LogP contribution in [0.4, 0.5) is 5.69 Å². The monoisotopic (exact) mass is 358 g/mol. The molecule has 0 aliphatic heterocycles. The number of methoxy groups -OCH3 is 1. The maximum Gasteiger partial charge on any atom is 0.344 e. The number of anilines is 1. The van der Waals surface area contributed by atoms with E-state index in [1.165, 1.54) is 25.4 Å². The summed E-state index contributed by atoms with van der Waals surface area (Å²) in [5.41, 5.74) is 0.805. The van der Waals surface area contributed by atoms with Crippen LogP contribution in [0.2, 0.25) is 0 Å². The molecule has 0 saturated heterocycles. The van der Waals surface area contributed by atoms with Crippen LogP contribution in [0.3, 0.4) is 0 Å². The van der Waals surface area contributed by atoms with Crippen molar-refractivity contribution in [1.29, 1.82) is 0 Å². The predicted octanol–water partition coefficient (Wildman–Crippen LogP) is 2.06. The second-order valence-corrected chi connectivity index (χ2v) is 4.99. The van der Waals surface area contributed by atoms with Gasteiger partial charge in [-0.1, -0.05) is 6.07 Å². The number of esters is 2. The van der Waals surface area contributed by atoms with Gasteiger partial charge < -0.3 is 19.5 Å². The Balaban J connectivity index is 1.95. The van der Waals surface area contributed by atoms with E-state index in [0.29, 0.717) is 17.9 Å². The van der Waals surface area contributed by atoms with Crippen LogP contribution in [0.5, 0.6) is 5.88 Å². The van der Waals surface area contributed by atoms with Crippen molar-refractivity contribution in [2.24, 2.45) is 0 Å². The van der Waals surface area contributed by atoms with Crippen molar-refractivity contribution in [1.82, 2.24) is 4.98 Å². The quantitative estimate of drug-likeness (QED) is 0.756. The average Bonchev–Trinajstić information content (AvgIpc) is 2.66. The molecule has 1 heterocycles. The molecule has 1 amide bonds. The molecule has 0 unspecified atom stereocenters. The summed E-state index contributed by atoms with van der Waals surface area (Å²) >= 11 is 0. The first kappa shape index (κ1) is 18.9. The molecule has 0 fully saturated rings. The van der Waals surface area contributed by atoms with Gasteiger partial charge in [0.1, 0.15) is 5.56 Å². The molecule has 0 saturated carbocycles. The minimum absolute atomic E-state index is 0.134. The van der Waals surface area contributed by atoms with Gasteiger partial charge in [0, 0.05) is 11.9 Å². The van der Waals surface area contributed by atoms with Crippen LogP contribution in [-0.4, -0.2) is 43.2 Å². The third kappa shape index (κ3) is 5.04. The van der Waals surface area contributed by atoms with Crippen LogP contribution in [0.25, 0.3) is 0 Å². The fraction of sp³-hybridized carbons (Fsp3) is 0.222. The number of nitrogens with one attached hydrogen (secondary N) is 1. The molecular formula is C18H18N2O6. The molecule has 8 nitrogen and oxygen atoms in total. The Kier molecular flexibility index (Phi) is 6.67. The summed E-state index contributed by atoms with van der Waals surface area (Å²) in [6, 6.07) is 9.27. The second kappa shape index (κ2) is 9.16. The SMILES string of the molecule is CCOc1ncccc1C(=O)OCC(=O)Nc1cccc(C(=O)OC)c1. The van der Waals surface area contributed by atoms with Gasteiger partial charge in [0.2, 0.25) is 5.88 Å². The highest BCUT2D eigenvalue weighted by molar-refractivity contribution is 5.97. The normalized spacial score (nSPS) is 9.92. The first-order chi connectivity index (χ1) is 12.5. The molecule has 0 aliphatic carbocycles. The molecule has 0 atom stereocenters. The van der Waals surface area contributed by atoms with Crippen LogP contribution in [-0.2, 0) is 14.3 Å². The number of hydrogen-bond donors (Lipinski definition) is 1. The van der Waals surface area contributed by atoms with Gasteiger partial charge in [-0.05, 0) is 37.3 Å². The third-order valence-electron chi connectivity index (χ3n) is 3.17. The third-order valence-corrected chi connectivity index (χ3v) is 3.17. The number of nitrogens with zero attached hydrogens (tertiary/aromatic N) is 1. The van der Waals surface area contributed by atoms with E-state index in [9.17, 15) is 14.4 Å². The number of amides is 1. The van der Waals surface area contributed by atoms with Gasteiger partial charge in [0.15, 0.2) is 6.61 Å². The van der Waals surface area contributed by atoms with Crippen LogP contribution in [0.15, 0.2) is 42.6 Å². The van der Waals surface area contributed by atoms with Crippen molar-refractivity contribution >= 4 is 23.5 Å². The molecule has 2 rings (SSSR count). The molecule has 1 aromatic carbocycles. The minimum atomic E-state index is -0.722. The molecule has 26 heavy (non-hydrogen) atoms. The van der Waals surface area contributed by atoms with E-state index in [1.807, 2.05) is 0 Å². The van der Waals surface area contributed by atoms with Gasteiger partial charge in [-0.3, -0.25) is 4.79 Å². The number of hydrogen-bond acceptors (Lipinski definition) is 7. The van der Waals surface area contributed by atoms with E-state index >= 15 is 0 Å². The summed E-state index contributed by atoms with van der Waals surface area (Å²) < 4.78 is 14.9. The van der Waals surface area contributed by atoms with Crippen LogP contribution >= 0.6 is 0 Å². The highest BCUT2D eigenvalue weighted by atomic mass is 16.5. The lowest BCUT2D eigenvalue weighted by atomic mass is 10.2. The number of benzene rings is 1. The lowest BCUT2D eigenvalue weighted by Gasteiger charge is -2.09. The lowest BCUT2D eigenvalue weighted by molar-refractivity contribution is -0.119. The molecule has 136 valence electrons. The van der Waals surface area contributed by atoms with E-state index < -0.39 is 24.5 Å². The zero-order chi connectivity index (χ0) is 18.9. The summed E-state index contributed by atoms with van der Waals surface area (Å²) in [4.78, 5) is 39.5. The summed E-state index contributed by atoms with van der Waals surface area (Å²) in [6.07, 6.45) is 1.49. The molecule has 0 bridgehead atoms. The number of ether oxygens (including phenoxy) is 3. The van der Waals surface area contributed by atoms with Gasteiger partial charge in [0.25, 0.3) is 5.91 Å². The van der Waals surface area contributed by atoms with Gasteiger partial charge in [-0.2, -0.15) is 0 Å². The van der Waals surface area contributed by atoms with E-state index in [0.717, 1.165) is 0 Å². The van der Waals surface area contributed by atoms with Crippen molar-refractivity contribution in [3.63, 3.8) is 0 Å². The maximum atomic E-state index is 12.1. The van der Waals surface area contributed by atoms with E-state index in [2.05, 4.69) is 15.0 Å². The van der Waals surface area contributed by atoms with Crippen LogP contribution in [0.1, 0.15) is 27.6 Å². The van der Waals surface area contributed by atoms with E-state index in [-0.39, 0.29) is 11.4 Å². The smallest absolute Gasteiger partial charge is 0.344 e. The van der Waals surface area contributed by atoms with E-state index in [4.69, 9.17) is 9.47 Å². The Morgan fingerprint density at radius 2 is 1.92 bits per heavy atom. The Hall–Kier alpha value is -3.42. The predicted molar refractivity (Wildman–Crippen MR) is 92.1 cm³/mol. The molecule has 0 radical (unpaired) electrons. The molecule has 0 spiro atoms. The first-order valence-electron chi connectivity index (χ1n) is 7.78. The molecule has 2 aromatic rings. The van der Waals surface area contributed by atoms with Crippen LogP contribution in [0, 0.1) is 0 Å². The van der Waals surface area contributed by atoms with Gasteiger partial charge in [-0.15, -0.1) is 0 Å². The van der Waals surface area contributed by atoms with Crippen molar-refractivity contribution in [2.45, 2.75) is 6.92 Å². The highest BCUT2D eigenvalue weighted by Gasteiger charge is 2.16. The average molecular weight is 358 g/mol. The molecule has 1 N–H and O–H groups in total. The molecule has 0 aliphatic rings. The van der Waals surface area contributed by atoms with Crippen LogP contribution < -0.4 is 10.1 Å². The molecule has 1 aromatic heterocycles. The standard InChI is InChI=1S/C18H18N2O6/c1-3-25-16-14(8-5-9-19-16)18(23)26-11-15(21)20-13-7-4-6-12(10-13)17(22)24-2/h4-10H,3,11H2,1-2H3,(H,20,21). The summed E-state index contributed by atoms with van der Waals surface area (Å²) in [7, 11) is 1.27. The zero-order valence-corrected chi connectivity index (χ0v) is 14.4. The van der Waals surface area contributed by atoms with Gasteiger partial charge >= 0.3 is 11.9 Å². The number of rotatable bonds is 7. The summed E-state index contributed by atoms with van der Waals surface area (Å²) in [5.74, 6) is -1.65.